The fourth-order valence-electron chi connectivity index (χ4n) is 2.88. The van der Waals surface area contributed by atoms with Crippen molar-refractivity contribution in [3.8, 4) is 17.2 Å². The first-order chi connectivity index (χ1) is 14.1. The van der Waals surface area contributed by atoms with Crippen LogP contribution in [0.15, 0.2) is 76.4 Å². The van der Waals surface area contributed by atoms with Crippen molar-refractivity contribution in [1.82, 2.24) is 10.2 Å². The summed E-state index contributed by atoms with van der Waals surface area (Å²) in [6.45, 7) is 1.81. The van der Waals surface area contributed by atoms with Gasteiger partial charge in [0.15, 0.2) is 0 Å². The third kappa shape index (κ3) is 4.25. The number of nitrogens with zero attached hydrogens (tertiary/aromatic N) is 2. The number of anilines is 1. The Hall–Kier alpha value is -3.32. The zero-order valence-electron chi connectivity index (χ0n) is 16.0. The van der Waals surface area contributed by atoms with Crippen LogP contribution in [0.4, 0.5) is 5.69 Å². The maximum atomic E-state index is 12.7. The number of thioether (sulfide) groups is 1. The van der Waals surface area contributed by atoms with Crippen LogP contribution in [0.25, 0.3) is 22.2 Å². The number of methoxy groups -OCH3 is 1. The molecule has 1 atom stereocenters. The lowest BCUT2D eigenvalue weighted by Gasteiger charge is -2.12. The van der Waals surface area contributed by atoms with Gasteiger partial charge in [-0.1, -0.05) is 48.2 Å². The highest BCUT2D eigenvalue weighted by molar-refractivity contribution is 8.00. The smallest absolute Gasteiger partial charge is 0.277 e. The highest BCUT2D eigenvalue weighted by Gasteiger charge is 2.19. The van der Waals surface area contributed by atoms with Crippen molar-refractivity contribution in [2.45, 2.75) is 17.4 Å². The highest BCUT2D eigenvalue weighted by atomic mass is 32.2. The van der Waals surface area contributed by atoms with Crippen LogP contribution >= 0.6 is 11.8 Å². The summed E-state index contributed by atoms with van der Waals surface area (Å²) < 4.78 is 10.9. The Kier molecular flexibility index (Phi) is 5.48. The second kappa shape index (κ2) is 8.36. The Morgan fingerprint density at radius 2 is 1.79 bits per heavy atom. The lowest BCUT2D eigenvalue weighted by molar-refractivity contribution is -0.115. The van der Waals surface area contributed by atoms with Crippen LogP contribution in [0.1, 0.15) is 6.92 Å². The third-order valence-electron chi connectivity index (χ3n) is 4.44. The maximum Gasteiger partial charge on any atom is 0.277 e. The number of amides is 1. The SMILES string of the molecule is COc1ccc(-c2nnc(SC(C)C(=O)Nc3cccc4ccccc34)o2)cc1. The quantitative estimate of drug-likeness (QED) is 0.454. The number of ether oxygens (including phenoxy) is 1. The van der Waals surface area contributed by atoms with Crippen LogP contribution in [0.3, 0.4) is 0 Å². The van der Waals surface area contributed by atoms with Gasteiger partial charge < -0.3 is 14.5 Å². The molecule has 1 amide bonds. The summed E-state index contributed by atoms with van der Waals surface area (Å²) >= 11 is 1.22. The average Bonchev–Trinajstić information content (AvgIpc) is 3.22. The van der Waals surface area contributed by atoms with E-state index in [2.05, 4.69) is 15.5 Å². The fraction of sp³-hybridized carbons (Fsp3) is 0.136. The molecule has 0 bridgehead atoms. The van der Waals surface area contributed by atoms with Gasteiger partial charge >= 0.3 is 0 Å². The van der Waals surface area contributed by atoms with Crippen LogP contribution in [0.5, 0.6) is 5.75 Å². The highest BCUT2D eigenvalue weighted by Crippen LogP contribution is 2.29. The van der Waals surface area contributed by atoms with E-state index in [1.807, 2.05) is 73.7 Å². The molecule has 6 nitrogen and oxygen atoms in total. The molecule has 0 aliphatic heterocycles. The molecule has 4 rings (SSSR count). The Bertz CT molecular complexity index is 1140. The zero-order chi connectivity index (χ0) is 20.2. The summed E-state index contributed by atoms with van der Waals surface area (Å²) in [7, 11) is 1.61. The van der Waals surface area contributed by atoms with Crippen molar-refractivity contribution < 1.29 is 13.9 Å². The van der Waals surface area contributed by atoms with Crippen molar-refractivity contribution in [2.75, 3.05) is 12.4 Å². The molecule has 0 radical (unpaired) electrons. The molecule has 4 aromatic rings. The van der Waals surface area contributed by atoms with Crippen LogP contribution in [0, 0.1) is 0 Å². The van der Waals surface area contributed by atoms with Crippen molar-refractivity contribution in [1.29, 1.82) is 0 Å². The van der Waals surface area contributed by atoms with Crippen molar-refractivity contribution >= 4 is 34.1 Å². The molecule has 146 valence electrons. The molecule has 0 aliphatic carbocycles. The van der Waals surface area contributed by atoms with E-state index in [0.29, 0.717) is 11.1 Å². The minimum atomic E-state index is -0.405. The average molecular weight is 405 g/mol. The van der Waals surface area contributed by atoms with Gasteiger partial charge in [-0.3, -0.25) is 4.79 Å². The van der Waals surface area contributed by atoms with E-state index in [4.69, 9.17) is 9.15 Å². The molecule has 7 heteroatoms. The number of benzene rings is 3. The monoisotopic (exact) mass is 405 g/mol. The van der Waals surface area contributed by atoms with Crippen LogP contribution < -0.4 is 10.1 Å². The number of fused-ring (bicyclic) bond motifs is 1. The van der Waals surface area contributed by atoms with E-state index in [1.54, 1.807) is 7.11 Å². The second-order valence-electron chi connectivity index (χ2n) is 6.38. The Morgan fingerprint density at radius 1 is 1.03 bits per heavy atom. The number of aromatic nitrogens is 2. The molecule has 1 unspecified atom stereocenters. The summed E-state index contributed by atoms with van der Waals surface area (Å²) in [6, 6.07) is 21.1. The molecule has 1 heterocycles. The van der Waals surface area contributed by atoms with E-state index >= 15 is 0 Å². The number of carbonyl (C=O) groups excluding carboxylic acids is 1. The van der Waals surface area contributed by atoms with Crippen molar-refractivity contribution in [3.63, 3.8) is 0 Å². The van der Waals surface area contributed by atoms with Crippen LogP contribution in [-0.4, -0.2) is 28.5 Å². The van der Waals surface area contributed by atoms with Gasteiger partial charge in [0.2, 0.25) is 11.8 Å². The molecule has 1 N–H and O–H groups in total. The molecular formula is C22H19N3O3S. The van der Waals surface area contributed by atoms with E-state index in [0.717, 1.165) is 27.8 Å². The van der Waals surface area contributed by atoms with Gasteiger partial charge in [0.05, 0.1) is 12.4 Å². The number of rotatable bonds is 6. The summed E-state index contributed by atoms with van der Waals surface area (Å²) in [5.74, 6) is 1.02. The van der Waals surface area contributed by atoms with Crippen LogP contribution in [0.2, 0.25) is 0 Å². The fourth-order valence-corrected chi connectivity index (χ4v) is 3.56. The van der Waals surface area contributed by atoms with Crippen molar-refractivity contribution in [3.05, 3.63) is 66.7 Å². The summed E-state index contributed by atoms with van der Waals surface area (Å²) in [5.41, 5.74) is 1.57. The maximum absolute atomic E-state index is 12.7. The van der Waals surface area contributed by atoms with E-state index < -0.39 is 5.25 Å². The number of hydrogen-bond donors (Lipinski definition) is 1. The summed E-state index contributed by atoms with van der Waals surface area (Å²) in [5, 5.41) is 13.1. The molecule has 0 fully saturated rings. The Labute approximate surface area is 172 Å². The predicted octanol–water partition coefficient (Wildman–Crippen LogP) is 5.02. The van der Waals surface area contributed by atoms with Crippen LogP contribution in [-0.2, 0) is 4.79 Å². The Morgan fingerprint density at radius 3 is 2.59 bits per heavy atom. The van der Waals surface area contributed by atoms with Gasteiger partial charge in [0, 0.05) is 16.6 Å². The van der Waals surface area contributed by atoms with E-state index in [-0.39, 0.29) is 5.91 Å². The standard InChI is InChI=1S/C22H19N3O3S/c1-14(20(26)23-19-9-5-7-15-6-3-4-8-18(15)19)29-22-25-24-21(28-22)16-10-12-17(27-2)13-11-16/h3-14H,1-2H3,(H,23,26). The van der Waals surface area contributed by atoms with E-state index in [9.17, 15) is 4.79 Å². The first kappa shape index (κ1) is 19.0. The number of hydrogen-bond acceptors (Lipinski definition) is 6. The Balaban J connectivity index is 1.44. The zero-order valence-corrected chi connectivity index (χ0v) is 16.8. The molecule has 3 aromatic carbocycles. The van der Waals surface area contributed by atoms with Gasteiger partial charge in [-0.2, -0.15) is 0 Å². The van der Waals surface area contributed by atoms with Gasteiger partial charge in [-0.05, 0) is 42.6 Å². The predicted molar refractivity (Wildman–Crippen MR) is 114 cm³/mol. The topological polar surface area (TPSA) is 77.2 Å². The molecule has 0 spiro atoms. The number of nitrogens with one attached hydrogen (secondary N) is 1. The molecule has 1 aromatic heterocycles. The second-order valence-corrected chi connectivity index (χ2v) is 7.67. The molecule has 0 saturated carbocycles. The molecule has 29 heavy (non-hydrogen) atoms. The molecular weight excluding hydrogens is 386 g/mol. The van der Waals surface area contributed by atoms with Gasteiger partial charge in [-0.15, -0.1) is 10.2 Å². The normalized spacial score (nSPS) is 11.9. The molecule has 0 saturated heterocycles. The lowest BCUT2D eigenvalue weighted by Crippen LogP contribution is -2.22. The minimum absolute atomic E-state index is 0.129. The van der Waals surface area contributed by atoms with E-state index in [1.165, 1.54) is 11.8 Å². The first-order valence-electron chi connectivity index (χ1n) is 9.07. The lowest BCUT2D eigenvalue weighted by atomic mass is 10.1. The third-order valence-corrected chi connectivity index (χ3v) is 5.37. The first-order valence-corrected chi connectivity index (χ1v) is 9.95. The largest absolute Gasteiger partial charge is 0.497 e. The van der Waals surface area contributed by atoms with Gasteiger partial charge in [-0.25, -0.2) is 0 Å². The van der Waals surface area contributed by atoms with Gasteiger partial charge in [0.25, 0.3) is 5.22 Å². The number of carbonyl (C=O) groups is 1. The summed E-state index contributed by atoms with van der Waals surface area (Å²) in [4.78, 5) is 12.7. The minimum Gasteiger partial charge on any atom is -0.497 e. The molecule has 0 aliphatic rings. The van der Waals surface area contributed by atoms with Crippen molar-refractivity contribution in [2.24, 2.45) is 0 Å². The van der Waals surface area contributed by atoms with Gasteiger partial charge in [0.1, 0.15) is 5.75 Å². The summed E-state index contributed by atoms with van der Waals surface area (Å²) in [6.07, 6.45) is 0.